The molecule has 0 saturated heterocycles. The average Bonchev–Trinajstić information content (AvgIpc) is 2.16. The van der Waals surface area contributed by atoms with E-state index in [2.05, 4.69) is 24.0 Å². The van der Waals surface area contributed by atoms with Gasteiger partial charge >= 0.3 is 24.3 Å². The molecule has 1 aromatic heterocycles. The highest BCUT2D eigenvalue weighted by atomic mass is 31.3. The van der Waals surface area contributed by atoms with Gasteiger partial charge in [-0.05, 0) is 11.3 Å². The summed E-state index contributed by atoms with van der Waals surface area (Å²) in [6.07, 6.45) is 3.15. The van der Waals surface area contributed by atoms with Gasteiger partial charge in [0.25, 0.3) is 0 Å². The van der Waals surface area contributed by atoms with Gasteiger partial charge in [0.05, 0.1) is 12.4 Å². The molecule has 3 N–H and O–H groups in total. The molecule has 0 aliphatic carbocycles. The predicted octanol–water partition coefficient (Wildman–Crippen LogP) is 0.291. The molecule has 0 amide bonds. The quantitative estimate of drug-likeness (QED) is 0.653. The molecule has 0 spiro atoms. The second-order valence-corrected chi connectivity index (χ2v) is 5.11. The van der Waals surface area contributed by atoms with E-state index in [1.54, 1.807) is 18.5 Å². The van der Waals surface area contributed by atoms with Crippen molar-refractivity contribution < 1.29 is 37.0 Å². The molecule has 2 atom stereocenters. The summed E-state index contributed by atoms with van der Waals surface area (Å²) in [6, 6.07) is 1.72. The molecule has 14 heteroatoms. The number of rotatable bonds is 4. The Morgan fingerprint density at radius 1 is 1.06 bits per heavy atom. The zero-order chi connectivity index (χ0) is 13.3. The van der Waals surface area contributed by atoms with Crippen LogP contribution in [0.4, 0.5) is 0 Å². The van der Waals surface area contributed by atoms with E-state index in [4.69, 9.17) is 14.7 Å². The fraction of sp³-hybridized carbons (Fsp3) is 0. The summed E-state index contributed by atoms with van der Waals surface area (Å²) in [7, 11) is -11.6. The third-order valence-electron chi connectivity index (χ3n) is 0.755. The van der Waals surface area contributed by atoms with Gasteiger partial charge in [-0.25, -0.2) is 4.57 Å². The summed E-state index contributed by atoms with van der Waals surface area (Å²) in [4.78, 5) is 24.1. The Hall–Kier alpha value is -0.760. The van der Waals surface area contributed by atoms with E-state index in [9.17, 15) is 13.7 Å². The molecular weight excluding hydrogens is 299 g/mol. The van der Waals surface area contributed by atoms with Gasteiger partial charge in [-0.2, -0.15) is 0 Å². The molecule has 1 aromatic rings. The van der Waals surface area contributed by atoms with Crippen LogP contribution in [0.3, 0.4) is 0 Å². The maximum absolute atomic E-state index is 10.3. The summed E-state index contributed by atoms with van der Waals surface area (Å²) in [6.45, 7) is 0. The normalized spacial score (nSPS) is 15.0. The predicted molar refractivity (Wildman–Crippen MR) is 51.5 cm³/mol. The first-order chi connectivity index (χ1) is 7.83. The highest BCUT2D eigenvalue weighted by Gasteiger charge is 2.43. The lowest BCUT2D eigenvalue weighted by Gasteiger charge is -1.88. The highest BCUT2D eigenvalue weighted by molar-refractivity contribution is 7.60. The van der Waals surface area contributed by atoms with Crippen molar-refractivity contribution >= 4 is 24.3 Å². The molecule has 0 fully saturated rings. The van der Waals surface area contributed by atoms with Crippen LogP contribution in [0.2, 0.25) is 0 Å². The minimum atomic E-state index is -4.87. The second kappa shape index (κ2) is 8.35. The Balaban J connectivity index is 0.000000354. The van der Waals surface area contributed by atoms with Crippen LogP contribution in [0.1, 0.15) is 0 Å². The Kier molecular flexibility index (Phi) is 7.98. The van der Waals surface area contributed by atoms with Crippen molar-refractivity contribution in [3.63, 3.8) is 0 Å². The van der Waals surface area contributed by atoms with E-state index in [1.165, 1.54) is 0 Å². The zero-order valence-electron chi connectivity index (χ0n) is 7.80. The zero-order valence-corrected chi connectivity index (χ0v) is 10.5. The van der Waals surface area contributed by atoms with E-state index in [-0.39, 0.29) is 0 Å². The monoisotopic (exact) mass is 305 g/mol. The van der Waals surface area contributed by atoms with Crippen LogP contribution in [0.15, 0.2) is 18.5 Å². The van der Waals surface area contributed by atoms with Crippen molar-refractivity contribution in [3.8, 4) is 0 Å². The summed E-state index contributed by atoms with van der Waals surface area (Å²) in [5.41, 5.74) is 0. The third-order valence-corrected chi connectivity index (χ3v) is 3.52. The molecule has 11 nitrogen and oxygen atoms in total. The standard InChI is InChI=1S/C3H3N3.HO8P3/c1-2-4-6-5-3-1;1-9(2)7-11(5,6)8-10(3)4/h1-3H;(H-2,1,2,3,4,5,6)/p+2. The van der Waals surface area contributed by atoms with Gasteiger partial charge in [0.2, 0.25) is 0 Å². The largest absolute Gasteiger partial charge is 0.705 e. The van der Waals surface area contributed by atoms with Crippen molar-refractivity contribution in [3.05, 3.63) is 18.5 Å². The van der Waals surface area contributed by atoms with Crippen molar-refractivity contribution in [2.24, 2.45) is 0 Å². The topological polar surface area (TPSA) is 169 Å². The van der Waals surface area contributed by atoms with Gasteiger partial charge < -0.3 is 0 Å². The molecule has 0 aromatic carbocycles. The van der Waals surface area contributed by atoms with Crippen LogP contribution in [0, 0.1) is 0 Å². The van der Waals surface area contributed by atoms with Crippen LogP contribution in [0.25, 0.3) is 0 Å². The van der Waals surface area contributed by atoms with E-state index in [0.29, 0.717) is 0 Å². The SMILES string of the molecule is O=[P+](O)OP(=O)(O)O[P+](=O)O.c1cnnnc1. The molecule has 1 heterocycles. The third kappa shape index (κ3) is 11.5. The molecule has 2 unspecified atom stereocenters. The van der Waals surface area contributed by atoms with E-state index in [1.807, 2.05) is 0 Å². The number of phosphoric acid groups is 1. The van der Waals surface area contributed by atoms with Gasteiger partial charge in [0.1, 0.15) is 0 Å². The first-order valence-corrected chi connectivity index (χ1v) is 7.22. The van der Waals surface area contributed by atoms with Crippen LogP contribution < -0.4 is 0 Å². The lowest BCUT2D eigenvalue weighted by atomic mass is 10.7. The lowest BCUT2D eigenvalue weighted by Crippen LogP contribution is -1.81. The number of nitrogens with zero attached hydrogens (tertiary/aromatic N) is 3. The molecule has 0 aliphatic rings. The van der Waals surface area contributed by atoms with E-state index >= 15 is 0 Å². The van der Waals surface area contributed by atoms with Crippen LogP contribution in [-0.2, 0) is 22.3 Å². The molecule has 0 bridgehead atoms. The van der Waals surface area contributed by atoms with Gasteiger partial charge in [-0.3, -0.25) is 4.89 Å². The summed E-state index contributed by atoms with van der Waals surface area (Å²) in [5, 5.41) is 10.1. The van der Waals surface area contributed by atoms with Crippen LogP contribution in [-0.4, -0.2) is 30.1 Å². The fourth-order valence-electron chi connectivity index (χ4n) is 0.396. The minimum absolute atomic E-state index is 1.58. The molecule has 0 saturated carbocycles. The Morgan fingerprint density at radius 3 is 1.65 bits per heavy atom. The van der Waals surface area contributed by atoms with E-state index < -0.39 is 24.3 Å². The second-order valence-electron chi connectivity index (χ2n) is 1.92. The van der Waals surface area contributed by atoms with Gasteiger partial charge in [0.15, 0.2) is 0 Å². The number of hydrogen-bond acceptors (Lipinski definition) is 8. The summed E-state index contributed by atoms with van der Waals surface area (Å²) >= 11 is 0. The maximum Gasteiger partial charge on any atom is 0.705 e. The van der Waals surface area contributed by atoms with E-state index in [0.717, 1.165) is 0 Å². The van der Waals surface area contributed by atoms with Crippen molar-refractivity contribution in [2.75, 3.05) is 0 Å². The van der Waals surface area contributed by atoms with Crippen LogP contribution >= 0.6 is 24.3 Å². The highest BCUT2D eigenvalue weighted by Crippen LogP contribution is 2.55. The summed E-state index contributed by atoms with van der Waals surface area (Å²) < 4.78 is 36.4. The fourth-order valence-corrected chi connectivity index (χ4v) is 2.20. The smallest absolute Gasteiger partial charge is 0.297 e. The maximum atomic E-state index is 10.3. The van der Waals surface area contributed by atoms with Crippen LogP contribution in [0.5, 0.6) is 0 Å². The van der Waals surface area contributed by atoms with Gasteiger partial charge in [-0.1, -0.05) is 0 Å². The molecular formula is C3H6N3O8P3+2. The molecule has 1 rings (SSSR count). The Labute approximate surface area is 95.9 Å². The van der Waals surface area contributed by atoms with Crippen molar-refractivity contribution in [2.45, 2.75) is 0 Å². The molecule has 0 aliphatic heterocycles. The lowest BCUT2D eigenvalue weighted by molar-refractivity contribution is 0.271. The van der Waals surface area contributed by atoms with Crippen molar-refractivity contribution in [1.29, 1.82) is 0 Å². The van der Waals surface area contributed by atoms with Gasteiger partial charge in [-0.15, -0.1) is 20.0 Å². The summed E-state index contributed by atoms with van der Waals surface area (Å²) in [5.74, 6) is 0. The molecule has 0 radical (unpaired) electrons. The Morgan fingerprint density at radius 2 is 1.47 bits per heavy atom. The first-order valence-electron chi connectivity index (χ1n) is 3.46. The average molecular weight is 305 g/mol. The van der Waals surface area contributed by atoms with Crippen molar-refractivity contribution in [1.82, 2.24) is 15.4 Å². The number of aromatic nitrogens is 3. The van der Waals surface area contributed by atoms with Gasteiger partial charge in [0, 0.05) is 17.8 Å². The number of hydrogen-bond donors (Lipinski definition) is 3. The minimum Gasteiger partial charge on any atom is -0.297 e. The molecule has 17 heavy (non-hydrogen) atoms. The Bertz CT molecular complexity index is 366. The first kappa shape index (κ1) is 16.2. The molecule has 94 valence electrons.